The molecule has 28 heavy (non-hydrogen) atoms. The van der Waals surface area contributed by atoms with Gasteiger partial charge in [0.25, 0.3) is 5.91 Å². The zero-order valence-corrected chi connectivity index (χ0v) is 18.1. The van der Waals surface area contributed by atoms with Gasteiger partial charge in [-0.1, -0.05) is 38.4 Å². The summed E-state index contributed by atoms with van der Waals surface area (Å²) in [6.07, 6.45) is 0.868. The Morgan fingerprint density at radius 2 is 2.00 bits per heavy atom. The van der Waals surface area contributed by atoms with E-state index in [1.165, 1.54) is 16.7 Å². The monoisotopic (exact) mass is 400 g/mol. The SMILES string of the molecule is CCOc1ccc(C(=O)Nc2ccc3c(c2CC)CN(C)CC3(C)C)cc1Cl. The Hall–Kier alpha value is -2.04. The van der Waals surface area contributed by atoms with Gasteiger partial charge in [0.1, 0.15) is 5.75 Å². The minimum Gasteiger partial charge on any atom is -0.492 e. The van der Waals surface area contributed by atoms with E-state index in [0.29, 0.717) is 22.9 Å². The Morgan fingerprint density at radius 1 is 1.25 bits per heavy atom. The Morgan fingerprint density at radius 3 is 2.64 bits per heavy atom. The van der Waals surface area contributed by atoms with E-state index in [2.05, 4.69) is 44.1 Å². The van der Waals surface area contributed by atoms with Crippen molar-refractivity contribution in [2.45, 2.75) is 46.1 Å². The number of nitrogens with one attached hydrogen (secondary N) is 1. The summed E-state index contributed by atoms with van der Waals surface area (Å²) in [4.78, 5) is 15.2. The van der Waals surface area contributed by atoms with Crippen LogP contribution in [0.25, 0.3) is 0 Å². The molecule has 1 amide bonds. The molecule has 3 rings (SSSR count). The topological polar surface area (TPSA) is 41.6 Å². The second kappa shape index (κ2) is 8.14. The van der Waals surface area contributed by atoms with E-state index in [-0.39, 0.29) is 11.3 Å². The summed E-state index contributed by atoms with van der Waals surface area (Å²) in [6.45, 7) is 11.1. The lowest BCUT2D eigenvalue weighted by Gasteiger charge is -2.39. The molecule has 0 radical (unpaired) electrons. The number of nitrogens with zero attached hydrogens (tertiary/aromatic N) is 1. The molecule has 150 valence electrons. The highest BCUT2D eigenvalue weighted by Crippen LogP contribution is 2.37. The molecule has 0 saturated carbocycles. The fourth-order valence-corrected chi connectivity index (χ4v) is 4.46. The summed E-state index contributed by atoms with van der Waals surface area (Å²) in [6, 6.07) is 9.35. The van der Waals surface area contributed by atoms with Gasteiger partial charge in [0, 0.05) is 29.8 Å². The zero-order chi connectivity index (χ0) is 20.5. The second-order valence-corrected chi connectivity index (χ2v) is 8.47. The lowest BCUT2D eigenvalue weighted by molar-refractivity contribution is 0.102. The van der Waals surface area contributed by atoms with Crippen molar-refractivity contribution >= 4 is 23.2 Å². The Balaban J connectivity index is 1.92. The first-order chi connectivity index (χ1) is 13.3. The molecule has 0 aromatic heterocycles. The van der Waals surface area contributed by atoms with Crippen molar-refractivity contribution in [1.82, 2.24) is 4.90 Å². The summed E-state index contributed by atoms with van der Waals surface area (Å²) in [7, 11) is 2.15. The third-order valence-electron chi connectivity index (χ3n) is 5.35. The highest BCUT2D eigenvalue weighted by molar-refractivity contribution is 6.32. The molecule has 0 spiro atoms. The van der Waals surface area contributed by atoms with Crippen molar-refractivity contribution in [1.29, 1.82) is 0 Å². The van der Waals surface area contributed by atoms with Crippen molar-refractivity contribution in [2.75, 3.05) is 25.5 Å². The lowest BCUT2D eigenvalue weighted by atomic mass is 9.76. The van der Waals surface area contributed by atoms with Crippen LogP contribution in [0, 0.1) is 0 Å². The number of rotatable bonds is 5. The highest BCUT2D eigenvalue weighted by Gasteiger charge is 2.32. The number of hydrogen-bond donors (Lipinski definition) is 1. The van der Waals surface area contributed by atoms with Crippen molar-refractivity contribution in [3.63, 3.8) is 0 Å². The first-order valence-electron chi connectivity index (χ1n) is 9.84. The smallest absolute Gasteiger partial charge is 0.255 e. The van der Waals surface area contributed by atoms with E-state index in [4.69, 9.17) is 16.3 Å². The molecule has 0 unspecified atom stereocenters. The van der Waals surface area contributed by atoms with Gasteiger partial charge in [-0.15, -0.1) is 0 Å². The molecule has 0 bridgehead atoms. The summed E-state index contributed by atoms with van der Waals surface area (Å²) in [5.74, 6) is 0.428. The number of likely N-dealkylation sites (N-methyl/N-ethyl adjacent to an activating group) is 1. The maximum atomic E-state index is 12.8. The van der Waals surface area contributed by atoms with Crippen LogP contribution in [0.15, 0.2) is 30.3 Å². The van der Waals surface area contributed by atoms with Gasteiger partial charge in [-0.05, 0) is 61.3 Å². The molecule has 2 aromatic rings. The molecule has 1 heterocycles. The lowest BCUT2D eigenvalue weighted by Crippen LogP contribution is -2.40. The summed E-state index contributed by atoms with van der Waals surface area (Å²) in [5, 5.41) is 3.54. The van der Waals surface area contributed by atoms with Gasteiger partial charge >= 0.3 is 0 Å². The van der Waals surface area contributed by atoms with Crippen LogP contribution in [-0.4, -0.2) is 31.0 Å². The fourth-order valence-electron chi connectivity index (χ4n) is 4.22. The standard InChI is InChI=1S/C23H29ClN2O2/c1-6-16-17-13-26(5)14-23(3,4)18(17)9-10-20(16)25-22(27)15-8-11-21(28-7-2)19(24)12-15/h8-12H,6-7,13-14H2,1-5H3,(H,25,27). The summed E-state index contributed by atoms with van der Waals surface area (Å²) < 4.78 is 5.45. The van der Waals surface area contributed by atoms with Crippen molar-refractivity contribution in [3.05, 3.63) is 57.6 Å². The van der Waals surface area contributed by atoms with E-state index in [0.717, 1.165) is 25.2 Å². The minimum atomic E-state index is -0.164. The quantitative estimate of drug-likeness (QED) is 0.742. The number of ether oxygens (including phenoxy) is 1. The normalized spacial score (nSPS) is 15.8. The number of carbonyl (C=O) groups is 1. The van der Waals surface area contributed by atoms with Crippen molar-refractivity contribution in [2.24, 2.45) is 0 Å². The van der Waals surface area contributed by atoms with Gasteiger partial charge in [-0.3, -0.25) is 4.79 Å². The number of carbonyl (C=O) groups excluding carboxylic acids is 1. The van der Waals surface area contributed by atoms with Gasteiger partial charge < -0.3 is 15.0 Å². The largest absolute Gasteiger partial charge is 0.492 e. The highest BCUT2D eigenvalue weighted by atomic mass is 35.5. The van der Waals surface area contributed by atoms with Crippen LogP contribution in [-0.2, 0) is 18.4 Å². The number of fused-ring (bicyclic) bond motifs is 1. The van der Waals surface area contributed by atoms with Crippen LogP contribution in [0.5, 0.6) is 5.75 Å². The molecule has 1 aliphatic rings. The van der Waals surface area contributed by atoms with Gasteiger partial charge in [-0.2, -0.15) is 0 Å². The number of anilines is 1. The molecule has 1 N–H and O–H groups in total. The maximum Gasteiger partial charge on any atom is 0.255 e. The average Bonchev–Trinajstić information content (AvgIpc) is 2.62. The molecule has 2 aromatic carbocycles. The zero-order valence-electron chi connectivity index (χ0n) is 17.4. The first kappa shape index (κ1) is 20.7. The Bertz CT molecular complexity index is 892. The summed E-state index contributed by atoms with van der Waals surface area (Å²) in [5.41, 5.74) is 5.42. The average molecular weight is 401 g/mol. The molecule has 0 saturated heterocycles. The second-order valence-electron chi connectivity index (χ2n) is 8.06. The minimum absolute atomic E-state index is 0.0947. The predicted molar refractivity (Wildman–Crippen MR) is 116 cm³/mol. The van der Waals surface area contributed by atoms with Gasteiger partial charge in [-0.25, -0.2) is 0 Å². The van der Waals surface area contributed by atoms with Crippen LogP contribution in [0.2, 0.25) is 5.02 Å². The van der Waals surface area contributed by atoms with E-state index in [1.54, 1.807) is 18.2 Å². The number of halogens is 1. The summed E-state index contributed by atoms with van der Waals surface area (Å²) >= 11 is 6.25. The third kappa shape index (κ3) is 4.03. The Labute approximate surface area is 172 Å². The molecule has 0 fully saturated rings. The molecule has 0 atom stereocenters. The molecule has 1 aliphatic heterocycles. The van der Waals surface area contributed by atoms with Gasteiger partial charge in [0.15, 0.2) is 0 Å². The molecular formula is C23H29ClN2O2. The number of amides is 1. The van der Waals surface area contributed by atoms with Gasteiger partial charge in [0.2, 0.25) is 0 Å². The number of benzene rings is 2. The van der Waals surface area contributed by atoms with E-state index < -0.39 is 0 Å². The van der Waals surface area contributed by atoms with E-state index in [1.807, 2.05) is 13.0 Å². The van der Waals surface area contributed by atoms with Gasteiger partial charge in [0.05, 0.1) is 11.6 Å². The Kier molecular flexibility index (Phi) is 6.01. The van der Waals surface area contributed by atoms with Crippen molar-refractivity contribution in [3.8, 4) is 5.75 Å². The third-order valence-corrected chi connectivity index (χ3v) is 5.64. The molecular weight excluding hydrogens is 372 g/mol. The molecule has 4 nitrogen and oxygen atoms in total. The molecule has 0 aliphatic carbocycles. The molecule has 5 heteroatoms. The number of hydrogen-bond acceptors (Lipinski definition) is 3. The fraction of sp³-hybridized carbons (Fsp3) is 0.435. The van der Waals surface area contributed by atoms with Crippen LogP contribution in [0.3, 0.4) is 0 Å². The van der Waals surface area contributed by atoms with E-state index >= 15 is 0 Å². The van der Waals surface area contributed by atoms with Crippen LogP contribution >= 0.6 is 11.6 Å². The van der Waals surface area contributed by atoms with E-state index in [9.17, 15) is 4.79 Å². The van der Waals surface area contributed by atoms with Crippen LogP contribution in [0.1, 0.15) is 54.7 Å². The van der Waals surface area contributed by atoms with Crippen LogP contribution in [0.4, 0.5) is 5.69 Å². The van der Waals surface area contributed by atoms with Crippen LogP contribution < -0.4 is 10.1 Å². The maximum absolute atomic E-state index is 12.8. The predicted octanol–water partition coefficient (Wildman–Crippen LogP) is 5.28. The van der Waals surface area contributed by atoms with Crippen molar-refractivity contribution < 1.29 is 9.53 Å². The first-order valence-corrected chi connectivity index (χ1v) is 10.2.